The number of aryl methyl sites for hydroxylation is 1. The molecule has 252 valence electrons. The van der Waals surface area contributed by atoms with Crippen LogP contribution < -0.4 is 4.90 Å². The van der Waals surface area contributed by atoms with Crippen LogP contribution in [0.3, 0.4) is 0 Å². The lowest BCUT2D eigenvalue weighted by Crippen LogP contribution is -2.51. The summed E-state index contributed by atoms with van der Waals surface area (Å²) in [6, 6.07) is 42.6. The predicted molar refractivity (Wildman–Crippen MR) is 206 cm³/mol. The molecule has 0 unspecified atom stereocenters. The number of carbonyl (C=O) groups is 1. The van der Waals surface area contributed by atoms with Crippen molar-refractivity contribution in [2.75, 3.05) is 25.0 Å². The van der Waals surface area contributed by atoms with Crippen LogP contribution in [-0.4, -0.2) is 30.9 Å². The second-order valence-electron chi connectivity index (χ2n) is 13.0. The molecular formula is C43H43Cl3N2O. The number of likely N-dealkylation sites (tertiary alicyclic amines) is 1. The third kappa shape index (κ3) is 7.32. The SMILES string of the molecule is CC(=O)N(C)c1cccc(Cl)c1CCCCc1ccc(Cl)c(Cl)c1C1CCN(C(c2ccccc2)(c2ccccc2)c2ccccc2)CC1. The van der Waals surface area contributed by atoms with E-state index in [2.05, 4.69) is 102 Å². The van der Waals surface area contributed by atoms with Gasteiger partial charge in [-0.25, -0.2) is 0 Å². The van der Waals surface area contributed by atoms with Crippen molar-refractivity contribution in [3.05, 3.63) is 170 Å². The number of piperidine rings is 1. The molecule has 0 bridgehead atoms. The number of amides is 1. The van der Waals surface area contributed by atoms with Gasteiger partial charge in [0.2, 0.25) is 5.91 Å². The summed E-state index contributed by atoms with van der Waals surface area (Å²) < 4.78 is 0. The average Bonchev–Trinajstić information content (AvgIpc) is 3.14. The Bertz CT molecular complexity index is 1760. The van der Waals surface area contributed by atoms with Crippen molar-refractivity contribution in [3.8, 4) is 0 Å². The van der Waals surface area contributed by atoms with Gasteiger partial charge in [-0.1, -0.05) is 138 Å². The molecule has 1 heterocycles. The normalized spacial score (nSPS) is 14.1. The predicted octanol–water partition coefficient (Wildman–Crippen LogP) is 11.4. The van der Waals surface area contributed by atoms with Gasteiger partial charge >= 0.3 is 0 Å². The Morgan fingerprint density at radius 3 is 1.76 bits per heavy atom. The summed E-state index contributed by atoms with van der Waals surface area (Å²) in [5.41, 5.74) is 7.74. The van der Waals surface area contributed by atoms with Crippen molar-refractivity contribution < 1.29 is 4.79 Å². The minimum absolute atomic E-state index is 0.0106. The zero-order valence-corrected chi connectivity index (χ0v) is 30.5. The van der Waals surface area contributed by atoms with Crippen molar-refractivity contribution in [2.24, 2.45) is 0 Å². The van der Waals surface area contributed by atoms with Gasteiger partial charge in [-0.2, -0.15) is 0 Å². The molecule has 49 heavy (non-hydrogen) atoms. The molecule has 0 aliphatic carbocycles. The van der Waals surface area contributed by atoms with Crippen molar-refractivity contribution in [1.82, 2.24) is 4.90 Å². The molecule has 6 rings (SSSR count). The Kier molecular flexibility index (Phi) is 11.5. The molecule has 1 aliphatic heterocycles. The topological polar surface area (TPSA) is 23.6 Å². The number of halogens is 3. The fourth-order valence-corrected chi connectivity index (χ4v) is 8.52. The highest BCUT2D eigenvalue weighted by Gasteiger charge is 2.43. The van der Waals surface area contributed by atoms with Gasteiger partial charge in [0.25, 0.3) is 0 Å². The minimum Gasteiger partial charge on any atom is -0.315 e. The Morgan fingerprint density at radius 1 is 0.694 bits per heavy atom. The quantitative estimate of drug-likeness (QED) is 0.101. The molecule has 6 heteroatoms. The first-order valence-electron chi connectivity index (χ1n) is 17.2. The maximum atomic E-state index is 12.1. The van der Waals surface area contributed by atoms with Crippen molar-refractivity contribution in [3.63, 3.8) is 0 Å². The van der Waals surface area contributed by atoms with Gasteiger partial charge in [0.05, 0.1) is 15.6 Å². The molecule has 1 saturated heterocycles. The monoisotopic (exact) mass is 708 g/mol. The maximum absolute atomic E-state index is 12.1. The van der Waals surface area contributed by atoms with E-state index in [4.69, 9.17) is 34.8 Å². The zero-order chi connectivity index (χ0) is 34.4. The van der Waals surface area contributed by atoms with E-state index < -0.39 is 5.54 Å². The number of nitrogens with zero attached hydrogens (tertiary/aromatic N) is 2. The van der Waals surface area contributed by atoms with E-state index in [-0.39, 0.29) is 5.91 Å². The summed E-state index contributed by atoms with van der Waals surface area (Å²) in [6.07, 6.45) is 5.55. The Balaban J connectivity index is 1.24. The standard InChI is InChI=1S/C43H43Cl3N2O/c1-31(49)47(2)40-24-14-23-38(44)37(40)22-13-12-15-32-25-26-39(45)42(46)41(32)33-27-29-48(30-28-33)43(34-16-6-3-7-17-34,35-18-8-4-9-19-35)36-20-10-5-11-21-36/h3-11,14,16-21,23-26,33H,12-13,15,22,27-30H2,1-2H3. The van der Waals surface area contributed by atoms with Crippen LogP contribution in [0.25, 0.3) is 0 Å². The van der Waals surface area contributed by atoms with Gasteiger partial charge in [-0.3, -0.25) is 9.69 Å². The summed E-state index contributed by atoms with van der Waals surface area (Å²) in [7, 11) is 1.80. The van der Waals surface area contributed by atoms with Gasteiger partial charge < -0.3 is 4.90 Å². The zero-order valence-electron chi connectivity index (χ0n) is 28.2. The molecule has 0 aromatic heterocycles. The van der Waals surface area contributed by atoms with E-state index in [0.29, 0.717) is 21.0 Å². The van der Waals surface area contributed by atoms with Gasteiger partial charge in [-0.15, -0.1) is 0 Å². The molecule has 5 aromatic carbocycles. The second-order valence-corrected chi connectivity index (χ2v) is 14.2. The van der Waals surface area contributed by atoms with Crippen LogP contribution in [0.15, 0.2) is 121 Å². The fourth-order valence-electron chi connectivity index (χ4n) is 7.75. The van der Waals surface area contributed by atoms with Gasteiger partial charge in [-0.05, 0) is 96.0 Å². The van der Waals surface area contributed by atoms with E-state index in [1.807, 2.05) is 24.3 Å². The van der Waals surface area contributed by atoms with Crippen molar-refractivity contribution in [1.29, 1.82) is 0 Å². The average molecular weight is 710 g/mol. The van der Waals surface area contributed by atoms with Crippen LogP contribution >= 0.6 is 34.8 Å². The van der Waals surface area contributed by atoms with E-state index in [0.717, 1.165) is 62.9 Å². The lowest BCUT2D eigenvalue weighted by molar-refractivity contribution is -0.116. The molecule has 1 aliphatic rings. The molecule has 0 spiro atoms. The third-order valence-electron chi connectivity index (χ3n) is 10.2. The lowest BCUT2D eigenvalue weighted by Gasteiger charge is -2.48. The molecule has 1 fully saturated rings. The molecule has 0 atom stereocenters. The summed E-state index contributed by atoms with van der Waals surface area (Å²) in [5.74, 6) is 0.292. The first kappa shape index (κ1) is 35.2. The number of rotatable bonds is 11. The Labute approximate surface area is 306 Å². The van der Waals surface area contributed by atoms with Gasteiger partial charge in [0.15, 0.2) is 0 Å². The molecule has 0 N–H and O–H groups in total. The van der Waals surface area contributed by atoms with E-state index in [1.165, 1.54) is 27.8 Å². The largest absolute Gasteiger partial charge is 0.315 e. The number of hydrogen-bond acceptors (Lipinski definition) is 2. The van der Waals surface area contributed by atoms with Crippen LogP contribution in [0.2, 0.25) is 15.1 Å². The fraction of sp³-hybridized carbons (Fsp3) is 0.279. The van der Waals surface area contributed by atoms with E-state index >= 15 is 0 Å². The van der Waals surface area contributed by atoms with Crippen molar-refractivity contribution >= 4 is 46.4 Å². The first-order chi connectivity index (χ1) is 23.8. The number of carbonyl (C=O) groups excluding carboxylic acids is 1. The van der Waals surface area contributed by atoms with E-state index in [1.54, 1.807) is 18.9 Å². The summed E-state index contributed by atoms with van der Waals surface area (Å²) in [6.45, 7) is 3.39. The maximum Gasteiger partial charge on any atom is 0.223 e. The van der Waals surface area contributed by atoms with Crippen LogP contribution in [0, 0.1) is 0 Å². The smallest absolute Gasteiger partial charge is 0.223 e. The highest BCUT2D eigenvalue weighted by atomic mass is 35.5. The molecule has 3 nitrogen and oxygen atoms in total. The van der Waals surface area contributed by atoms with Gasteiger partial charge in [0, 0.05) is 37.8 Å². The molecule has 5 aromatic rings. The number of anilines is 1. The molecular weight excluding hydrogens is 667 g/mol. The lowest BCUT2D eigenvalue weighted by atomic mass is 9.73. The van der Waals surface area contributed by atoms with Gasteiger partial charge in [0.1, 0.15) is 0 Å². The summed E-state index contributed by atoms with van der Waals surface area (Å²) in [4.78, 5) is 16.5. The highest BCUT2D eigenvalue weighted by molar-refractivity contribution is 6.42. The van der Waals surface area contributed by atoms with E-state index in [9.17, 15) is 4.79 Å². The summed E-state index contributed by atoms with van der Waals surface area (Å²) >= 11 is 20.4. The third-order valence-corrected chi connectivity index (χ3v) is 11.4. The van der Waals surface area contributed by atoms with Crippen LogP contribution in [0.5, 0.6) is 0 Å². The van der Waals surface area contributed by atoms with Crippen LogP contribution in [0.4, 0.5) is 5.69 Å². The second kappa shape index (κ2) is 16.0. The molecule has 0 radical (unpaired) electrons. The molecule has 1 amide bonds. The Hall–Kier alpha value is -3.60. The number of hydrogen-bond donors (Lipinski definition) is 0. The number of benzene rings is 5. The van der Waals surface area contributed by atoms with Crippen LogP contribution in [-0.2, 0) is 23.2 Å². The first-order valence-corrected chi connectivity index (χ1v) is 18.4. The highest BCUT2D eigenvalue weighted by Crippen LogP contribution is 2.47. The Morgan fingerprint density at radius 2 is 1.22 bits per heavy atom. The minimum atomic E-state index is -0.427. The summed E-state index contributed by atoms with van der Waals surface area (Å²) in [5, 5.41) is 2.00. The number of unbranched alkanes of at least 4 members (excludes halogenated alkanes) is 1. The van der Waals surface area contributed by atoms with Crippen LogP contribution in [0.1, 0.15) is 71.9 Å². The van der Waals surface area contributed by atoms with Crippen molar-refractivity contribution in [2.45, 2.75) is 56.9 Å². The molecule has 0 saturated carbocycles.